The fraction of sp³-hybridized carbons (Fsp3) is 0.778. The molecule has 1 aromatic rings. The molecule has 1 amide bonds. The summed E-state index contributed by atoms with van der Waals surface area (Å²) in [7, 11) is 6.21. The molecule has 3 heterocycles. The second kappa shape index (κ2) is 7.23. The van der Waals surface area contributed by atoms with Gasteiger partial charge in [0.05, 0.1) is 12.0 Å². The van der Waals surface area contributed by atoms with Gasteiger partial charge in [-0.1, -0.05) is 0 Å². The van der Waals surface area contributed by atoms with Crippen LogP contribution in [-0.2, 0) is 18.4 Å². The van der Waals surface area contributed by atoms with Gasteiger partial charge in [-0.2, -0.15) is 0 Å². The fourth-order valence-electron chi connectivity index (χ4n) is 4.21. The van der Waals surface area contributed by atoms with E-state index in [1.54, 1.807) is 0 Å². The van der Waals surface area contributed by atoms with Crippen molar-refractivity contribution >= 4 is 5.91 Å². The van der Waals surface area contributed by atoms with E-state index in [2.05, 4.69) is 45.4 Å². The average Bonchev–Trinajstić information content (AvgIpc) is 2.99. The number of likely N-dealkylation sites (tertiary alicyclic amines) is 2. The average molecular weight is 333 g/mol. The molecule has 2 saturated heterocycles. The van der Waals surface area contributed by atoms with Crippen LogP contribution in [0, 0.1) is 0 Å². The number of amides is 1. The van der Waals surface area contributed by atoms with Gasteiger partial charge < -0.3 is 14.4 Å². The Kier molecular flexibility index (Phi) is 5.25. The number of likely N-dealkylation sites (N-methyl/N-ethyl adjacent to an activating group) is 1. The van der Waals surface area contributed by atoms with Crippen LogP contribution in [0.4, 0.5) is 0 Å². The molecule has 0 bridgehead atoms. The number of carbonyl (C=O) groups is 1. The van der Waals surface area contributed by atoms with Crippen molar-refractivity contribution in [2.75, 3.05) is 40.3 Å². The molecule has 2 aliphatic heterocycles. The van der Waals surface area contributed by atoms with Gasteiger partial charge in [0.15, 0.2) is 0 Å². The summed E-state index contributed by atoms with van der Waals surface area (Å²) < 4.78 is 2.10. The summed E-state index contributed by atoms with van der Waals surface area (Å²) in [5.41, 5.74) is 1.37. The Morgan fingerprint density at radius 3 is 2.79 bits per heavy atom. The molecular weight excluding hydrogens is 302 g/mol. The largest absolute Gasteiger partial charge is 0.337 e. The van der Waals surface area contributed by atoms with Crippen LogP contribution in [0.25, 0.3) is 0 Å². The van der Waals surface area contributed by atoms with Gasteiger partial charge >= 0.3 is 0 Å². The van der Waals surface area contributed by atoms with Gasteiger partial charge in [0.25, 0.3) is 0 Å². The summed E-state index contributed by atoms with van der Waals surface area (Å²) in [6, 6.07) is 0. The lowest BCUT2D eigenvalue weighted by molar-refractivity contribution is -0.131. The molecule has 0 radical (unpaired) electrons. The van der Waals surface area contributed by atoms with Crippen LogP contribution in [-0.4, -0.2) is 76.0 Å². The second-order valence-corrected chi connectivity index (χ2v) is 7.70. The first kappa shape index (κ1) is 17.4. The van der Waals surface area contributed by atoms with Crippen LogP contribution >= 0.6 is 0 Å². The van der Waals surface area contributed by atoms with Crippen molar-refractivity contribution in [3.8, 4) is 0 Å². The van der Waals surface area contributed by atoms with Crippen LogP contribution < -0.4 is 0 Å². The summed E-state index contributed by atoms with van der Waals surface area (Å²) in [5.74, 6) is 0.358. The number of carbonyl (C=O) groups excluding carboxylic acids is 1. The van der Waals surface area contributed by atoms with Crippen LogP contribution in [0.5, 0.6) is 0 Å². The first-order chi connectivity index (χ1) is 11.5. The Morgan fingerprint density at radius 2 is 2.08 bits per heavy atom. The van der Waals surface area contributed by atoms with Gasteiger partial charge in [0.2, 0.25) is 5.91 Å². The normalized spacial score (nSPS) is 25.8. The highest BCUT2D eigenvalue weighted by molar-refractivity contribution is 5.79. The van der Waals surface area contributed by atoms with E-state index in [9.17, 15) is 4.79 Å². The smallest absolute Gasteiger partial charge is 0.223 e. The van der Waals surface area contributed by atoms with Gasteiger partial charge in [-0.3, -0.25) is 9.69 Å². The highest BCUT2D eigenvalue weighted by Crippen LogP contribution is 2.39. The third-order valence-electron chi connectivity index (χ3n) is 5.76. The summed E-state index contributed by atoms with van der Waals surface area (Å²) in [6.45, 7) is 4.96. The van der Waals surface area contributed by atoms with Crippen molar-refractivity contribution < 1.29 is 4.79 Å². The molecule has 1 unspecified atom stereocenters. The molecule has 0 saturated carbocycles. The minimum atomic E-state index is 0.105. The minimum Gasteiger partial charge on any atom is -0.337 e. The molecule has 1 aromatic heterocycles. The zero-order valence-corrected chi connectivity index (χ0v) is 15.4. The lowest BCUT2D eigenvalue weighted by Gasteiger charge is -2.39. The Hall–Kier alpha value is -1.40. The molecule has 1 atom stereocenters. The first-order valence-electron chi connectivity index (χ1n) is 9.13. The first-order valence-corrected chi connectivity index (χ1v) is 9.13. The van der Waals surface area contributed by atoms with Crippen molar-refractivity contribution in [2.24, 2.45) is 7.05 Å². The molecule has 24 heavy (non-hydrogen) atoms. The summed E-state index contributed by atoms with van der Waals surface area (Å²) >= 11 is 0. The molecule has 3 rings (SSSR count). The molecule has 134 valence electrons. The van der Waals surface area contributed by atoms with E-state index in [-0.39, 0.29) is 5.54 Å². The summed E-state index contributed by atoms with van der Waals surface area (Å²) in [4.78, 5) is 23.6. The zero-order chi connectivity index (χ0) is 17.2. The monoisotopic (exact) mass is 333 g/mol. The SMILES string of the molecule is CN(C)CCN1C(=O)CCC12CCCN(Cc1cncn1C)CC2. The molecule has 0 aromatic carbocycles. The molecule has 2 fully saturated rings. The predicted molar refractivity (Wildman–Crippen MR) is 94.6 cm³/mol. The summed E-state index contributed by atoms with van der Waals surface area (Å²) in [5, 5.41) is 0. The number of hydrogen-bond donors (Lipinski definition) is 0. The standard InChI is InChI=1S/C18H31N5O/c1-20(2)11-12-23-17(24)5-7-18(23)6-4-9-22(10-8-18)14-16-13-19-15-21(16)3/h13,15H,4-12,14H2,1-3H3. The lowest BCUT2D eigenvalue weighted by atomic mass is 9.87. The van der Waals surface area contributed by atoms with Gasteiger partial charge in [-0.25, -0.2) is 4.98 Å². The van der Waals surface area contributed by atoms with Gasteiger partial charge in [0, 0.05) is 51.4 Å². The number of aryl methyl sites for hydroxylation is 1. The van der Waals surface area contributed by atoms with E-state index in [1.165, 1.54) is 12.1 Å². The predicted octanol–water partition coefficient (Wildman–Crippen LogP) is 1.33. The van der Waals surface area contributed by atoms with Crippen LogP contribution in [0.3, 0.4) is 0 Å². The number of hydrogen-bond acceptors (Lipinski definition) is 4. The van der Waals surface area contributed by atoms with Gasteiger partial charge in [-0.15, -0.1) is 0 Å². The van der Waals surface area contributed by atoms with E-state index in [0.717, 1.165) is 58.4 Å². The van der Waals surface area contributed by atoms with Crippen molar-refractivity contribution in [1.29, 1.82) is 0 Å². The Morgan fingerprint density at radius 1 is 1.25 bits per heavy atom. The molecular formula is C18H31N5O. The van der Waals surface area contributed by atoms with Crippen molar-refractivity contribution in [2.45, 2.75) is 44.2 Å². The van der Waals surface area contributed by atoms with Crippen LogP contribution in [0.1, 0.15) is 37.8 Å². The molecule has 0 aliphatic carbocycles. The minimum absolute atomic E-state index is 0.105. The number of rotatable bonds is 5. The molecule has 0 N–H and O–H groups in total. The van der Waals surface area contributed by atoms with Gasteiger partial charge in [0.1, 0.15) is 0 Å². The number of imidazole rings is 1. The van der Waals surface area contributed by atoms with Crippen molar-refractivity contribution in [1.82, 2.24) is 24.3 Å². The maximum absolute atomic E-state index is 12.4. The lowest BCUT2D eigenvalue weighted by Crippen LogP contribution is -2.48. The van der Waals surface area contributed by atoms with Crippen LogP contribution in [0.15, 0.2) is 12.5 Å². The van der Waals surface area contributed by atoms with Crippen molar-refractivity contribution in [3.63, 3.8) is 0 Å². The quantitative estimate of drug-likeness (QED) is 0.815. The van der Waals surface area contributed by atoms with E-state index < -0.39 is 0 Å². The number of nitrogens with zero attached hydrogens (tertiary/aromatic N) is 5. The third-order valence-corrected chi connectivity index (χ3v) is 5.76. The number of aromatic nitrogens is 2. The zero-order valence-electron chi connectivity index (χ0n) is 15.4. The highest BCUT2D eigenvalue weighted by atomic mass is 16.2. The maximum Gasteiger partial charge on any atom is 0.223 e. The molecule has 2 aliphatic rings. The van der Waals surface area contributed by atoms with E-state index >= 15 is 0 Å². The maximum atomic E-state index is 12.4. The fourth-order valence-corrected chi connectivity index (χ4v) is 4.21. The molecule has 6 nitrogen and oxygen atoms in total. The molecule has 6 heteroatoms. The highest BCUT2D eigenvalue weighted by Gasteiger charge is 2.45. The Balaban J connectivity index is 1.64. The Labute approximate surface area is 145 Å². The van der Waals surface area contributed by atoms with E-state index in [0.29, 0.717) is 5.91 Å². The summed E-state index contributed by atoms with van der Waals surface area (Å²) in [6.07, 6.45) is 9.02. The topological polar surface area (TPSA) is 44.6 Å². The van der Waals surface area contributed by atoms with E-state index in [4.69, 9.17) is 0 Å². The van der Waals surface area contributed by atoms with Crippen LogP contribution in [0.2, 0.25) is 0 Å². The third kappa shape index (κ3) is 3.64. The second-order valence-electron chi connectivity index (χ2n) is 7.70. The molecule has 1 spiro atoms. The Bertz CT molecular complexity index is 570. The van der Waals surface area contributed by atoms with Gasteiger partial charge in [-0.05, 0) is 46.3 Å². The van der Waals surface area contributed by atoms with Crippen molar-refractivity contribution in [3.05, 3.63) is 18.2 Å². The van der Waals surface area contributed by atoms with E-state index in [1.807, 2.05) is 12.5 Å².